The lowest BCUT2D eigenvalue weighted by atomic mass is 10.2. The summed E-state index contributed by atoms with van der Waals surface area (Å²) in [5.41, 5.74) is 9.03. The topological polar surface area (TPSA) is 43.8 Å². The molecule has 14 heavy (non-hydrogen) atoms. The van der Waals surface area contributed by atoms with E-state index in [0.717, 1.165) is 5.69 Å². The number of aromatic nitrogens is 2. The van der Waals surface area contributed by atoms with Gasteiger partial charge in [-0.2, -0.15) is 5.10 Å². The van der Waals surface area contributed by atoms with Crippen molar-refractivity contribution < 1.29 is 0 Å². The van der Waals surface area contributed by atoms with E-state index in [4.69, 9.17) is 5.73 Å². The third-order valence-electron chi connectivity index (χ3n) is 2.17. The van der Waals surface area contributed by atoms with Gasteiger partial charge in [-0.15, -0.1) is 11.3 Å². The second-order valence-corrected chi connectivity index (χ2v) is 4.24. The van der Waals surface area contributed by atoms with Crippen molar-refractivity contribution in [2.45, 2.75) is 13.5 Å². The standard InChI is InChI=1S/C10H13N3S/c1-7-9(5-13(2)12-7)10-3-8(4-11)6-14-10/h3,5-6H,4,11H2,1-2H3. The predicted molar refractivity (Wildman–Crippen MR) is 59.1 cm³/mol. The van der Waals surface area contributed by atoms with Crippen molar-refractivity contribution >= 4 is 11.3 Å². The molecular weight excluding hydrogens is 194 g/mol. The molecule has 0 aliphatic carbocycles. The maximum absolute atomic E-state index is 5.57. The normalized spacial score (nSPS) is 10.8. The second kappa shape index (κ2) is 3.55. The van der Waals surface area contributed by atoms with Gasteiger partial charge >= 0.3 is 0 Å². The van der Waals surface area contributed by atoms with Gasteiger partial charge in [-0.25, -0.2) is 0 Å². The molecule has 2 rings (SSSR count). The van der Waals surface area contributed by atoms with Crippen molar-refractivity contribution in [2.75, 3.05) is 0 Å². The summed E-state index contributed by atoms with van der Waals surface area (Å²) in [7, 11) is 1.94. The van der Waals surface area contributed by atoms with E-state index in [1.54, 1.807) is 11.3 Å². The van der Waals surface area contributed by atoms with Crippen LogP contribution in [0.3, 0.4) is 0 Å². The predicted octanol–water partition coefficient (Wildman–Crippen LogP) is 1.92. The largest absolute Gasteiger partial charge is 0.326 e. The van der Waals surface area contributed by atoms with Crippen LogP contribution in [0.1, 0.15) is 11.3 Å². The smallest absolute Gasteiger partial charge is 0.0680 e. The minimum Gasteiger partial charge on any atom is -0.326 e. The lowest BCUT2D eigenvalue weighted by molar-refractivity contribution is 0.756. The summed E-state index contributed by atoms with van der Waals surface area (Å²) in [6.07, 6.45) is 2.04. The zero-order valence-electron chi connectivity index (χ0n) is 8.32. The van der Waals surface area contributed by atoms with Crippen molar-refractivity contribution in [3.8, 4) is 10.4 Å². The fourth-order valence-corrected chi connectivity index (χ4v) is 2.45. The van der Waals surface area contributed by atoms with E-state index >= 15 is 0 Å². The van der Waals surface area contributed by atoms with Gasteiger partial charge in [0, 0.05) is 30.2 Å². The Labute approximate surface area is 87.2 Å². The second-order valence-electron chi connectivity index (χ2n) is 3.33. The van der Waals surface area contributed by atoms with Crippen molar-refractivity contribution in [1.82, 2.24) is 9.78 Å². The highest BCUT2D eigenvalue weighted by Crippen LogP contribution is 2.28. The zero-order chi connectivity index (χ0) is 10.1. The molecule has 2 N–H and O–H groups in total. The van der Waals surface area contributed by atoms with Crippen LogP contribution < -0.4 is 5.73 Å². The molecule has 0 amide bonds. The third kappa shape index (κ3) is 1.58. The summed E-state index contributed by atoms with van der Waals surface area (Å²) in [6, 6.07) is 2.13. The fourth-order valence-electron chi connectivity index (χ4n) is 1.47. The summed E-state index contributed by atoms with van der Waals surface area (Å²) in [4.78, 5) is 1.25. The third-order valence-corrected chi connectivity index (χ3v) is 3.18. The summed E-state index contributed by atoms with van der Waals surface area (Å²) in [6.45, 7) is 2.63. The van der Waals surface area contributed by atoms with Crippen LogP contribution in [0.4, 0.5) is 0 Å². The first-order chi connectivity index (χ1) is 6.70. The molecular formula is C10H13N3S. The minimum atomic E-state index is 0.607. The molecule has 0 bridgehead atoms. The number of thiophene rings is 1. The van der Waals surface area contributed by atoms with Gasteiger partial charge in [0.25, 0.3) is 0 Å². The summed E-state index contributed by atoms with van der Waals surface area (Å²) in [5, 5.41) is 6.41. The van der Waals surface area contributed by atoms with Crippen molar-refractivity contribution in [1.29, 1.82) is 0 Å². The van der Waals surface area contributed by atoms with E-state index in [0.29, 0.717) is 6.54 Å². The molecule has 0 unspecified atom stereocenters. The Morgan fingerprint density at radius 3 is 2.86 bits per heavy atom. The van der Waals surface area contributed by atoms with Gasteiger partial charge in [-0.3, -0.25) is 4.68 Å². The highest BCUT2D eigenvalue weighted by molar-refractivity contribution is 7.13. The summed E-state index contributed by atoms with van der Waals surface area (Å²) in [5.74, 6) is 0. The summed E-state index contributed by atoms with van der Waals surface area (Å²) < 4.78 is 1.84. The molecule has 0 saturated heterocycles. The van der Waals surface area contributed by atoms with Gasteiger partial charge in [0.1, 0.15) is 0 Å². The first-order valence-corrected chi connectivity index (χ1v) is 5.37. The highest BCUT2D eigenvalue weighted by atomic mass is 32.1. The minimum absolute atomic E-state index is 0.607. The first-order valence-electron chi connectivity index (χ1n) is 4.49. The molecule has 3 nitrogen and oxygen atoms in total. The monoisotopic (exact) mass is 207 g/mol. The number of nitrogens with zero attached hydrogens (tertiary/aromatic N) is 2. The molecule has 74 valence electrons. The molecule has 2 aromatic heterocycles. The molecule has 0 aliphatic heterocycles. The molecule has 2 heterocycles. The summed E-state index contributed by atoms with van der Waals surface area (Å²) >= 11 is 1.72. The van der Waals surface area contributed by atoms with Crippen LogP contribution in [-0.2, 0) is 13.6 Å². The van der Waals surface area contributed by atoms with Gasteiger partial charge in [0.05, 0.1) is 5.69 Å². The van der Waals surface area contributed by atoms with E-state index in [9.17, 15) is 0 Å². The van der Waals surface area contributed by atoms with Crippen LogP contribution >= 0.6 is 11.3 Å². The van der Waals surface area contributed by atoms with Gasteiger partial charge in [-0.05, 0) is 23.9 Å². The van der Waals surface area contributed by atoms with Gasteiger partial charge in [-0.1, -0.05) is 0 Å². The molecule has 4 heteroatoms. The van der Waals surface area contributed by atoms with Crippen LogP contribution in [0, 0.1) is 6.92 Å². The fraction of sp³-hybridized carbons (Fsp3) is 0.300. The van der Waals surface area contributed by atoms with E-state index in [1.807, 2.05) is 24.9 Å². The van der Waals surface area contributed by atoms with Crippen LogP contribution in [0.25, 0.3) is 10.4 Å². The molecule has 0 fully saturated rings. The Morgan fingerprint density at radius 2 is 2.36 bits per heavy atom. The molecule has 2 aromatic rings. The van der Waals surface area contributed by atoms with Crippen LogP contribution in [0.2, 0.25) is 0 Å². The quantitative estimate of drug-likeness (QED) is 0.817. The Bertz CT molecular complexity index is 442. The Balaban J connectivity index is 2.43. The molecule has 0 spiro atoms. The lowest BCUT2D eigenvalue weighted by Crippen LogP contribution is -1.92. The van der Waals surface area contributed by atoms with Gasteiger partial charge in [0.2, 0.25) is 0 Å². The molecule has 0 atom stereocenters. The number of nitrogens with two attached hydrogens (primary N) is 1. The van der Waals surface area contributed by atoms with E-state index in [1.165, 1.54) is 16.0 Å². The number of hydrogen-bond donors (Lipinski definition) is 1. The van der Waals surface area contributed by atoms with Crippen LogP contribution in [0.5, 0.6) is 0 Å². The average molecular weight is 207 g/mol. The Kier molecular flexibility index (Phi) is 2.39. The Morgan fingerprint density at radius 1 is 1.57 bits per heavy atom. The number of hydrogen-bond acceptors (Lipinski definition) is 3. The van der Waals surface area contributed by atoms with Gasteiger partial charge < -0.3 is 5.73 Å². The molecule has 0 aliphatic rings. The van der Waals surface area contributed by atoms with E-state index in [2.05, 4.69) is 16.5 Å². The van der Waals surface area contributed by atoms with Crippen molar-refractivity contribution in [3.63, 3.8) is 0 Å². The molecule has 0 saturated carbocycles. The van der Waals surface area contributed by atoms with E-state index in [-0.39, 0.29) is 0 Å². The van der Waals surface area contributed by atoms with Crippen molar-refractivity contribution in [3.05, 3.63) is 28.9 Å². The maximum Gasteiger partial charge on any atom is 0.0680 e. The highest BCUT2D eigenvalue weighted by Gasteiger charge is 2.07. The van der Waals surface area contributed by atoms with Crippen LogP contribution in [0.15, 0.2) is 17.6 Å². The zero-order valence-corrected chi connectivity index (χ0v) is 9.14. The Hall–Kier alpha value is -1.13. The average Bonchev–Trinajstić information content (AvgIpc) is 2.71. The molecule has 0 aromatic carbocycles. The molecule has 0 radical (unpaired) electrons. The SMILES string of the molecule is Cc1nn(C)cc1-c1cc(CN)cs1. The first kappa shape index (κ1) is 9.43. The lowest BCUT2D eigenvalue weighted by Gasteiger charge is -1.91. The van der Waals surface area contributed by atoms with Crippen LogP contribution in [-0.4, -0.2) is 9.78 Å². The van der Waals surface area contributed by atoms with Crippen molar-refractivity contribution in [2.24, 2.45) is 12.8 Å². The van der Waals surface area contributed by atoms with E-state index < -0.39 is 0 Å². The maximum atomic E-state index is 5.57. The van der Waals surface area contributed by atoms with Gasteiger partial charge in [0.15, 0.2) is 0 Å². The number of rotatable bonds is 2. The number of aryl methyl sites for hydroxylation is 2.